The first kappa shape index (κ1) is 31.6. The van der Waals surface area contributed by atoms with Gasteiger partial charge in [-0.2, -0.15) is 0 Å². The molecule has 0 aromatic heterocycles. The third-order valence-corrected chi connectivity index (χ3v) is 9.67. The normalized spacial score (nSPS) is 12.9. The van der Waals surface area contributed by atoms with Crippen molar-refractivity contribution in [1.82, 2.24) is 0 Å². The van der Waals surface area contributed by atoms with Crippen molar-refractivity contribution in [3.63, 3.8) is 0 Å². The number of para-hydroxylation sites is 8. The van der Waals surface area contributed by atoms with E-state index in [2.05, 4.69) is 36.6 Å². The van der Waals surface area contributed by atoms with Gasteiger partial charge in [-0.1, -0.05) is 106 Å². The number of fused-ring (bicyclic) bond motifs is 4. The molecule has 0 atom stereocenters. The fraction of sp³-hybridized carbons (Fsp3) is 0.0870. The van der Waals surface area contributed by atoms with Crippen LogP contribution in [-0.4, -0.2) is 0 Å². The summed E-state index contributed by atoms with van der Waals surface area (Å²) in [7, 11) is 0. The van der Waals surface area contributed by atoms with Crippen LogP contribution in [-0.2, 0) is 5.41 Å². The standard InChI is InChI=1S/C46H34F2N2O2/c1-46(2,3)45-43(29-16-4-6-18-31(29)47)37(49-33-20-8-12-24-39(33)51-40-25-13-9-21-34(40)49)28-38(44(45)30-17-5-7-19-32(30)48)50-35-22-10-14-26-41(35)52-42-27-15-11-23-36(42)50/h4-28H,1-3H3. The molecule has 0 aliphatic carbocycles. The molecule has 0 saturated heterocycles. The molecule has 7 aromatic rings. The number of nitrogens with zero attached hydrogens (tertiary/aromatic N) is 2. The largest absolute Gasteiger partial charge is 0.453 e. The average molecular weight is 685 g/mol. The molecule has 0 spiro atoms. The van der Waals surface area contributed by atoms with Gasteiger partial charge >= 0.3 is 0 Å². The Bertz CT molecular complexity index is 2270. The minimum atomic E-state index is -0.628. The van der Waals surface area contributed by atoms with Gasteiger partial charge in [0.2, 0.25) is 0 Å². The molecule has 0 bridgehead atoms. The maximum absolute atomic E-state index is 16.5. The highest BCUT2D eigenvalue weighted by Gasteiger charge is 2.38. The van der Waals surface area contributed by atoms with Gasteiger partial charge in [-0.15, -0.1) is 0 Å². The van der Waals surface area contributed by atoms with E-state index in [1.54, 1.807) is 12.1 Å². The Balaban J connectivity index is 1.52. The fourth-order valence-electron chi connectivity index (χ4n) is 7.56. The first-order chi connectivity index (χ1) is 25.3. The van der Waals surface area contributed by atoms with Crippen LogP contribution in [0.25, 0.3) is 22.3 Å². The Kier molecular flexibility index (Phi) is 7.37. The molecular weight excluding hydrogens is 651 g/mol. The average Bonchev–Trinajstić information content (AvgIpc) is 3.15. The van der Waals surface area contributed by atoms with Gasteiger partial charge in [0.25, 0.3) is 0 Å². The minimum absolute atomic E-state index is 0.377. The highest BCUT2D eigenvalue weighted by molar-refractivity contribution is 6.04. The Hall–Kier alpha value is -6.40. The van der Waals surface area contributed by atoms with E-state index in [-0.39, 0.29) is 11.6 Å². The van der Waals surface area contributed by atoms with Crippen LogP contribution in [0, 0.1) is 11.6 Å². The number of hydrogen-bond acceptors (Lipinski definition) is 4. The smallest absolute Gasteiger partial charge is 0.151 e. The van der Waals surface area contributed by atoms with Crippen LogP contribution in [0.4, 0.5) is 42.9 Å². The van der Waals surface area contributed by atoms with Crippen molar-refractivity contribution in [2.24, 2.45) is 0 Å². The summed E-state index contributed by atoms with van der Waals surface area (Å²) in [4.78, 5) is 4.30. The van der Waals surface area contributed by atoms with Crippen molar-refractivity contribution < 1.29 is 18.3 Å². The molecule has 2 aliphatic rings. The van der Waals surface area contributed by atoms with Crippen molar-refractivity contribution in [3.05, 3.63) is 169 Å². The van der Waals surface area contributed by atoms with Gasteiger partial charge in [0.05, 0.1) is 34.1 Å². The summed E-state index contributed by atoms with van der Waals surface area (Å²) >= 11 is 0. The first-order valence-corrected chi connectivity index (χ1v) is 17.3. The molecule has 2 aliphatic heterocycles. The highest BCUT2D eigenvalue weighted by Crippen LogP contribution is 2.60. The summed E-state index contributed by atoms with van der Waals surface area (Å²) in [6.07, 6.45) is 0. The van der Waals surface area contributed by atoms with Crippen LogP contribution in [0.1, 0.15) is 26.3 Å². The van der Waals surface area contributed by atoms with E-state index in [1.165, 1.54) is 12.1 Å². The van der Waals surface area contributed by atoms with E-state index in [9.17, 15) is 0 Å². The van der Waals surface area contributed by atoms with Crippen LogP contribution in [0.2, 0.25) is 0 Å². The van der Waals surface area contributed by atoms with Crippen molar-refractivity contribution in [3.8, 4) is 45.3 Å². The van der Waals surface area contributed by atoms with Crippen LogP contribution in [0.3, 0.4) is 0 Å². The number of benzene rings is 7. The number of halogens is 2. The van der Waals surface area contributed by atoms with E-state index in [0.29, 0.717) is 45.3 Å². The molecule has 0 saturated carbocycles. The second-order valence-corrected chi connectivity index (χ2v) is 14.0. The van der Waals surface area contributed by atoms with Crippen LogP contribution >= 0.6 is 0 Å². The zero-order valence-corrected chi connectivity index (χ0v) is 28.9. The Morgan fingerprint density at radius 1 is 0.404 bits per heavy atom. The molecule has 0 amide bonds. The summed E-state index contributed by atoms with van der Waals surface area (Å²) in [6.45, 7) is 6.31. The third kappa shape index (κ3) is 5.02. The second-order valence-electron chi connectivity index (χ2n) is 14.0. The van der Waals surface area contributed by atoms with Gasteiger partial charge in [-0.05, 0) is 77.7 Å². The third-order valence-electron chi connectivity index (χ3n) is 9.67. The van der Waals surface area contributed by atoms with E-state index in [1.807, 2.05) is 121 Å². The molecule has 4 nitrogen and oxygen atoms in total. The lowest BCUT2D eigenvalue weighted by Crippen LogP contribution is -2.24. The van der Waals surface area contributed by atoms with E-state index >= 15 is 8.78 Å². The van der Waals surface area contributed by atoms with Gasteiger partial charge in [0.15, 0.2) is 23.0 Å². The van der Waals surface area contributed by atoms with Crippen LogP contribution in [0.5, 0.6) is 23.0 Å². The Labute approximate surface area is 301 Å². The van der Waals surface area contributed by atoms with Gasteiger partial charge in [0, 0.05) is 22.3 Å². The summed E-state index contributed by atoms with van der Waals surface area (Å²) in [5.74, 6) is 1.91. The topological polar surface area (TPSA) is 24.9 Å². The maximum Gasteiger partial charge on any atom is 0.151 e. The predicted octanol–water partition coefficient (Wildman–Crippen LogP) is 13.7. The summed E-state index contributed by atoms with van der Waals surface area (Å²) < 4.78 is 45.9. The van der Waals surface area contributed by atoms with Crippen molar-refractivity contribution in [2.75, 3.05) is 9.80 Å². The maximum atomic E-state index is 16.5. The Morgan fingerprint density at radius 2 is 0.712 bits per heavy atom. The molecule has 0 N–H and O–H groups in total. The van der Waals surface area contributed by atoms with Crippen molar-refractivity contribution in [2.45, 2.75) is 26.2 Å². The highest BCUT2D eigenvalue weighted by atomic mass is 19.1. The SMILES string of the molecule is CC(C)(C)c1c(-c2ccccc2F)c(N2c3ccccc3Oc3ccccc32)cc(N2c3ccccc3Oc3ccccc32)c1-c1ccccc1F. The predicted molar refractivity (Wildman–Crippen MR) is 205 cm³/mol. The number of hydrogen-bond donors (Lipinski definition) is 0. The molecule has 9 rings (SSSR count). The van der Waals surface area contributed by atoms with E-state index < -0.39 is 5.41 Å². The van der Waals surface area contributed by atoms with Crippen molar-refractivity contribution >= 4 is 34.1 Å². The van der Waals surface area contributed by atoms with Gasteiger partial charge in [-0.25, -0.2) is 8.78 Å². The molecule has 7 aromatic carbocycles. The molecule has 0 radical (unpaired) electrons. The molecule has 2 heterocycles. The van der Waals surface area contributed by atoms with E-state index in [0.717, 1.165) is 39.7 Å². The molecule has 6 heteroatoms. The molecule has 0 unspecified atom stereocenters. The molecule has 0 fully saturated rings. The second kappa shape index (κ2) is 12.1. The molecule has 52 heavy (non-hydrogen) atoms. The monoisotopic (exact) mass is 684 g/mol. The zero-order chi connectivity index (χ0) is 35.6. The number of ether oxygens (including phenoxy) is 2. The van der Waals surface area contributed by atoms with Crippen LogP contribution in [0.15, 0.2) is 152 Å². The zero-order valence-electron chi connectivity index (χ0n) is 28.9. The summed E-state index contributed by atoms with van der Waals surface area (Å²) in [5, 5.41) is 0. The summed E-state index contributed by atoms with van der Waals surface area (Å²) in [5.41, 5.74) is 6.93. The Morgan fingerprint density at radius 3 is 1.04 bits per heavy atom. The van der Waals surface area contributed by atoms with Crippen LogP contribution < -0.4 is 19.3 Å². The molecule has 254 valence electrons. The summed E-state index contributed by atoms with van der Waals surface area (Å²) in [6, 6.07) is 47.2. The van der Waals surface area contributed by atoms with Gasteiger partial charge in [0.1, 0.15) is 11.6 Å². The molecular formula is C46H34F2N2O2. The van der Waals surface area contributed by atoms with Gasteiger partial charge < -0.3 is 19.3 Å². The minimum Gasteiger partial charge on any atom is -0.453 e. The lowest BCUT2D eigenvalue weighted by molar-refractivity contribution is 0.477. The van der Waals surface area contributed by atoms with Crippen molar-refractivity contribution in [1.29, 1.82) is 0 Å². The number of anilines is 6. The lowest BCUT2D eigenvalue weighted by Gasteiger charge is -2.40. The van der Waals surface area contributed by atoms with E-state index in [4.69, 9.17) is 9.47 Å². The lowest BCUT2D eigenvalue weighted by atomic mass is 9.75. The number of rotatable bonds is 4. The first-order valence-electron chi connectivity index (χ1n) is 17.3. The van der Waals surface area contributed by atoms with Gasteiger partial charge in [-0.3, -0.25) is 0 Å². The fourth-order valence-corrected chi connectivity index (χ4v) is 7.56. The quantitative estimate of drug-likeness (QED) is 0.184.